The molecular formula is C22H38N4O2. The third-order valence-corrected chi connectivity index (χ3v) is 5.23. The molecule has 1 fully saturated rings. The summed E-state index contributed by atoms with van der Waals surface area (Å²) in [5.41, 5.74) is 1.32. The summed E-state index contributed by atoms with van der Waals surface area (Å²) in [7, 11) is 3.54. The molecule has 1 heterocycles. The molecule has 6 nitrogen and oxygen atoms in total. The van der Waals surface area contributed by atoms with Crippen molar-refractivity contribution in [1.82, 2.24) is 15.5 Å². The summed E-state index contributed by atoms with van der Waals surface area (Å²) in [6, 6.07) is 8.81. The molecule has 1 aromatic carbocycles. The number of methoxy groups -OCH3 is 1. The van der Waals surface area contributed by atoms with E-state index in [-0.39, 0.29) is 0 Å². The zero-order valence-electron chi connectivity index (χ0n) is 17.9. The van der Waals surface area contributed by atoms with E-state index in [0.29, 0.717) is 6.04 Å². The minimum Gasteiger partial charge on any atom is -0.497 e. The van der Waals surface area contributed by atoms with E-state index in [1.165, 1.54) is 24.8 Å². The van der Waals surface area contributed by atoms with Crippen LogP contribution in [-0.4, -0.2) is 64.4 Å². The van der Waals surface area contributed by atoms with E-state index in [4.69, 9.17) is 9.47 Å². The van der Waals surface area contributed by atoms with Crippen LogP contribution in [0.4, 0.5) is 0 Å². The number of unbranched alkanes of at least 4 members (excludes halogenated alkanes) is 1. The highest BCUT2D eigenvalue weighted by Gasteiger charge is 2.22. The third-order valence-electron chi connectivity index (χ3n) is 5.23. The highest BCUT2D eigenvalue weighted by Crippen LogP contribution is 2.25. The van der Waals surface area contributed by atoms with Gasteiger partial charge >= 0.3 is 0 Å². The number of nitrogens with zero attached hydrogens (tertiary/aromatic N) is 2. The van der Waals surface area contributed by atoms with Crippen LogP contribution in [0.25, 0.3) is 0 Å². The number of likely N-dealkylation sites (tertiary alicyclic amines) is 1. The summed E-state index contributed by atoms with van der Waals surface area (Å²) >= 11 is 0. The van der Waals surface area contributed by atoms with E-state index in [9.17, 15) is 0 Å². The maximum absolute atomic E-state index is 5.39. The lowest BCUT2D eigenvalue weighted by Crippen LogP contribution is -2.44. The Kier molecular flexibility index (Phi) is 10.8. The molecule has 1 saturated heterocycles. The van der Waals surface area contributed by atoms with E-state index in [1.807, 2.05) is 14.0 Å². The van der Waals surface area contributed by atoms with Gasteiger partial charge in [-0.2, -0.15) is 0 Å². The first-order valence-corrected chi connectivity index (χ1v) is 10.7. The van der Waals surface area contributed by atoms with Gasteiger partial charge in [0.1, 0.15) is 5.75 Å². The molecule has 0 radical (unpaired) electrons. The van der Waals surface area contributed by atoms with Crippen LogP contribution in [0, 0.1) is 0 Å². The second-order valence-electron chi connectivity index (χ2n) is 7.17. The first-order valence-electron chi connectivity index (χ1n) is 10.7. The minimum absolute atomic E-state index is 0.336. The predicted molar refractivity (Wildman–Crippen MR) is 116 cm³/mol. The van der Waals surface area contributed by atoms with Gasteiger partial charge in [0.05, 0.1) is 13.2 Å². The van der Waals surface area contributed by atoms with Crippen molar-refractivity contribution in [3.63, 3.8) is 0 Å². The standard InChI is InChI=1S/C22H38N4O2/c1-4-28-17-9-6-14-24-22(23-2)25-18-21(26-15-7-5-8-16-26)19-10-12-20(27-3)13-11-19/h10-13,21H,4-9,14-18H2,1-3H3,(H2,23,24,25). The molecule has 158 valence electrons. The van der Waals surface area contributed by atoms with Gasteiger partial charge in [-0.25, -0.2) is 0 Å². The van der Waals surface area contributed by atoms with Crippen LogP contribution < -0.4 is 15.4 Å². The molecule has 1 aliphatic rings. The molecule has 0 aromatic heterocycles. The second-order valence-corrected chi connectivity index (χ2v) is 7.17. The topological polar surface area (TPSA) is 58.1 Å². The highest BCUT2D eigenvalue weighted by molar-refractivity contribution is 5.79. The van der Waals surface area contributed by atoms with Gasteiger partial charge in [0, 0.05) is 33.4 Å². The van der Waals surface area contributed by atoms with Gasteiger partial charge in [-0.15, -0.1) is 0 Å². The Hall–Kier alpha value is -1.79. The van der Waals surface area contributed by atoms with Gasteiger partial charge in [0.15, 0.2) is 5.96 Å². The monoisotopic (exact) mass is 390 g/mol. The van der Waals surface area contributed by atoms with Crippen LogP contribution in [0.5, 0.6) is 5.75 Å². The molecule has 1 unspecified atom stereocenters. The van der Waals surface area contributed by atoms with Crippen LogP contribution in [0.15, 0.2) is 29.3 Å². The summed E-state index contributed by atoms with van der Waals surface area (Å²) in [5, 5.41) is 6.95. The number of nitrogens with one attached hydrogen (secondary N) is 2. The molecule has 1 aliphatic heterocycles. The summed E-state index contributed by atoms with van der Waals surface area (Å²) in [5.74, 6) is 1.77. The number of hydrogen-bond acceptors (Lipinski definition) is 4. The van der Waals surface area contributed by atoms with E-state index >= 15 is 0 Å². The lowest BCUT2D eigenvalue weighted by atomic mass is 10.0. The highest BCUT2D eigenvalue weighted by atomic mass is 16.5. The predicted octanol–water partition coefficient (Wildman–Crippen LogP) is 3.20. The quantitative estimate of drug-likeness (QED) is 0.345. The largest absolute Gasteiger partial charge is 0.497 e. The van der Waals surface area contributed by atoms with Crippen LogP contribution in [-0.2, 0) is 4.74 Å². The normalized spacial score (nSPS) is 16.6. The lowest BCUT2D eigenvalue weighted by Gasteiger charge is -2.35. The fourth-order valence-electron chi connectivity index (χ4n) is 3.61. The first-order chi connectivity index (χ1) is 13.8. The fourth-order valence-corrected chi connectivity index (χ4v) is 3.61. The maximum Gasteiger partial charge on any atom is 0.191 e. The SMILES string of the molecule is CCOCCCCNC(=NC)NCC(c1ccc(OC)cc1)N1CCCCC1. The molecule has 0 saturated carbocycles. The number of ether oxygens (including phenoxy) is 2. The van der Waals surface area contributed by atoms with Crippen LogP contribution in [0.3, 0.4) is 0 Å². The smallest absolute Gasteiger partial charge is 0.191 e. The number of benzene rings is 1. The molecule has 2 N–H and O–H groups in total. The molecule has 0 aliphatic carbocycles. The van der Waals surface area contributed by atoms with Crippen molar-refractivity contribution in [2.75, 3.05) is 53.6 Å². The number of guanidine groups is 1. The molecule has 28 heavy (non-hydrogen) atoms. The summed E-state index contributed by atoms with van der Waals surface area (Å²) in [4.78, 5) is 6.98. The van der Waals surface area contributed by atoms with Gasteiger partial charge < -0.3 is 20.1 Å². The molecule has 0 amide bonds. The molecular weight excluding hydrogens is 352 g/mol. The number of hydrogen-bond donors (Lipinski definition) is 2. The average Bonchev–Trinajstić information content (AvgIpc) is 2.76. The van der Waals surface area contributed by atoms with Crippen LogP contribution in [0.2, 0.25) is 0 Å². The van der Waals surface area contributed by atoms with Gasteiger partial charge in [-0.05, 0) is 63.4 Å². The van der Waals surface area contributed by atoms with E-state index in [1.54, 1.807) is 7.11 Å². The minimum atomic E-state index is 0.336. The Morgan fingerprint density at radius 1 is 1.11 bits per heavy atom. The number of piperidine rings is 1. The second kappa shape index (κ2) is 13.4. The summed E-state index contributed by atoms with van der Waals surface area (Å²) < 4.78 is 10.7. The zero-order valence-corrected chi connectivity index (χ0v) is 17.9. The Bertz CT molecular complexity index is 556. The van der Waals surface area contributed by atoms with E-state index in [0.717, 1.165) is 63.9 Å². The van der Waals surface area contributed by atoms with Crippen LogP contribution >= 0.6 is 0 Å². The van der Waals surface area contributed by atoms with Crippen molar-refractivity contribution in [1.29, 1.82) is 0 Å². The summed E-state index contributed by atoms with van der Waals surface area (Å²) in [6.07, 6.45) is 6.04. The van der Waals surface area contributed by atoms with Gasteiger partial charge in [0.25, 0.3) is 0 Å². The van der Waals surface area contributed by atoms with Gasteiger partial charge in [-0.1, -0.05) is 18.6 Å². The first kappa shape index (κ1) is 22.5. The molecule has 0 bridgehead atoms. The van der Waals surface area contributed by atoms with E-state index < -0.39 is 0 Å². The Morgan fingerprint density at radius 3 is 2.50 bits per heavy atom. The Labute approximate surface area is 170 Å². The van der Waals surface area contributed by atoms with Gasteiger partial charge in [-0.3, -0.25) is 9.89 Å². The van der Waals surface area contributed by atoms with Gasteiger partial charge in [0.2, 0.25) is 0 Å². The van der Waals surface area contributed by atoms with Crippen molar-refractivity contribution in [2.24, 2.45) is 4.99 Å². The maximum atomic E-state index is 5.39. The van der Waals surface area contributed by atoms with Crippen molar-refractivity contribution in [3.8, 4) is 5.75 Å². The Balaban J connectivity index is 1.89. The lowest BCUT2D eigenvalue weighted by molar-refractivity contribution is 0.143. The van der Waals surface area contributed by atoms with Crippen molar-refractivity contribution in [2.45, 2.75) is 45.1 Å². The van der Waals surface area contributed by atoms with Crippen molar-refractivity contribution < 1.29 is 9.47 Å². The summed E-state index contributed by atoms with van der Waals surface area (Å²) in [6.45, 7) is 7.71. The average molecular weight is 391 g/mol. The fraction of sp³-hybridized carbons (Fsp3) is 0.682. The molecule has 0 spiro atoms. The van der Waals surface area contributed by atoms with Crippen LogP contribution in [0.1, 0.15) is 50.6 Å². The molecule has 6 heteroatoms. The Morgan fingerprint density at radius 2 is 1.86 bits per heavy atom. The van der Waals surface area contributed by atoms with Crippen molar-refractivity contribution >= 4 is 5.96 Å². The molecule has 1 atom stereocenters. The number of aliphatic imine (C=N–C) groups is 1. The van der Waals surface area contributed by atoms with E-state index in [2.05, 4.69) is 44.8 Å². The number of rotatable bonds is 11. The van der Waals surface area contributed by atoms with Crippen molar-refractivity contribution in [3.05, 3.63) is 29.8 Å². The molecule has 1 aromatic rings. The zero-order chi connectivity index (χ0) is 20.0. The molecule has 2 rings (SSSR count). The third kappa shape index (κ3) is 7.68.